The van der Waals surface area contributed by atoms with E-state index in [-0.39, 0.29) is 0 Å². The Labute approximate surface area is 115 Å². The van der Waals surface area contributed by atoms with Gasteiger partial charge in [-0.15, -0.1) is 0 Å². The molecule has 1 aliphatic heterocycles. The Morgan fingerprint density at radius 1 is 1.05 bits per heavy atom. The maximum Gasteiger partial charge on any atom is 0.160 e. The van der Waals surface area contributed by atoms with Crippen LogP contribution in [0.5, 0.6) is 11.5 Å². The summed E-state index contributed by atoms with van der Waals surface area (Å²) < 4.78 is 10.7. The molecule has 3 rings (SSSR count). The van der Waals surface area contributed by atoms with Gasteiger partial charge >= 0.3 is 0 Å². The molecule has 0 radical (unpaired) electrons. The molecule has 1 saturated heterocycles. The highest BCUT2D eigenvalue weighted by Crippen LogP contribution is 2.42. The zero-order valence-corrected chi connectivity index (χ0v) is 11.8. The Balaban J connectivity index is 1.85. The molecule has 1 N–H and O–H groups in total. The normalized spacial score (nSPS) is 29.9. The molecule has 0 aromatic heterocycles. The van der Waals surface area contributed by atoms with E-state index in [2.05, 4.69) is 17.4 Å². The van der Waals surface area contributed by atoms with Gasteiger partial charge < -0.3 is 14.8 Å². The van der Waals surface area contributed by atoms with Gasteiger partial charge in [0.25, 0.3) is 0 Å². The van der Waals surface area contributed by atoms with Gasteiger partial charge in [-0.25, -0.2) is 0 Å². The van der Waals surface area contributed by atoms with Gasteiger partial charge in [0, 0.05) is 18.5 Å². The van der Waals surface area contributed by atoms with Crippen LogP contribution in [-0.4, -0.2) is 26.8 Å². The Kier molecular flexibility index (Phi) is 3.65. The first kappa shape index (κ1) is 12.8. The zero-order valence-electron chi connectivity index (χ0n) is 11.8. The summed E-state index contributed by atoms with van der Waals surface area (Å²) in [5.41, 5.74) is 1.39. The molecule has 2 fully saturated rings. The molecule has 104 valence electrons. The number of hydrogen-bond acceptors (Lipinski definition) is 3. The van der Waals surface area contributed by atoms with Crippen molar-refractivity contribution in [3.05, 3.63) is 23.8 Å². The van der Waals surface area contributed by atoms with E-state index in [1.165, 1.54) is 31.2 Å². The van der Waals surface area contributed by atoms with Crippen molar-refractivity contribution in [1.82, 2.24) is 5.32 Å². The van der Waals surface area contributed by atoms with Gasteiger partial charge in [-0.05, 0) is 36.5 Å². The molecule has 1 heterocycles. The summed E-state index contributed by atoms with van der Waals surface area (Å²) in [4.78, 5) is 0. The lowest BCUT2D eigenvalue weighted by atomic mass is 9.77. The molecule has 0 unspecified atom stereocenters. The molecule has 1 aromatic rings. The smallest absolute Gasteiger partial charge is 0.160 e. The summed E-state index contributed by atoms with van der Waals surface area (Å²) >= 11 is 0. The van der Waals surface area contributed by atoms with Gasteiger partial charge in [-0.2, -0.15) is 0 Å². The second-order valence-corrected chi connectivity index (χ2v) is 5.68. The van der Waals surface area contributed by atoms with Gasteiger partial charge in [0.15, 0.2) is 11.5 Å². The lowest BCUT2D eigenvalue weighted by Crippen LogP contribution is -2.29. The van der Waals surface area contributed by atoms with Crippen molar-refractivity contribution in [2.45, 2.75) is 37.6 Å². The molecule has 0 spiro atoms. The van der Waals surface area contributed by atoms with E-state index in [0.717, 1.165) is 30.0 Å². The molecule has 0 bridgehead atoms. The summed E-state index contributed by atoms with van der Waals surface area (Å²) in [5, 5.41) is 3.70. The van der Waals surface area contributed by atoms with Crippen molar-refractivity contribution in [2.24, 2.45) is 5.92 Å². The highest BCUT2D eigenvalue weighted by atomic mass is 16.5. The standard InChI is InChI=1S/C16H23NO2/c1-18-15-8-7-11(9-16(15)19-2)13-10-17-14-6-4-3-5-12(13)14/h7-9,12-14,17H,3-6,10H2,1-2H3/t12-,13+,14+/m1/s1. The second kappa shape index (κ2) is 5.41. The van der Waals surface area contributed by atoms with Gasteiger partial charge in [-0.1, -0.05) is 18.9 Å². The maximum atomic E-state index is 5.43. The first-order valence-electron chi connectivity index (χ1n) is 7.29. The van der Waals surface area contributed by atoms with Crippen LogP contribution in [0.3, 0.4) is 0 Å². The van der Waals surface area contributed by atoms with E-state index >= 15 is 0 Å². The van der Waals surface area contributed by atoms with Gasteiger partial charge in [0.05, 0.1) is 14.2 Å². The van der Waals surface area contributed by atoms with Crippen LogP contribution in [0.1, 0.15) is 37.2 Å². The first-order chi connectivity index (χ1) is 9.33. The molecule has 3 heteroatoms. The minimum Gasteiger partial charge on any atom is -0.493 e. The van der Waals surface area contributed by atoms with Gasteiger partial charge in [0.2, 0.25) is 0 Å². The number of methoxy groups -OCH3 is 2. The Morgan fingerprint density at radius 3 is 2.63 bits per heavy atom. The third kappa shape index (κ3) is 2.32. The van der Waals surface area contributed by atoms with Crippen LogP contribution >= 0.6 is 0 Å². The van der Waals surface area contributed by atoms with Gasteiger partial charge in [0.1, 0.15) is 0 Å². The summed E-state index contributed by atoms with van der Waals surface area (Å²) in [7, 11) is 3.39. The highest BCUT2D eigenvalue weighted by molar-refractivity contribution is 5.44. The Bertz CT molecular complexity index is 446. The van der Waals surface area contributed by atoms with Crippen LogP contribution in [0.4, 0.5) is 0 Å². The minimum atomic E-state index is 0.630. The number of nitrogens with one attached hydrogen (secondary N) is 1. The number of benzene rings is 1. The van der Waals surface area contributed by atoms with Crippen molar-refractivity contribution in [3.63, 3.8) is 0 Å². The molecule has 1 aromatic carbocycles. The van der Waals surface area contributed by atoms with E-state index in [9.17, 15) is 0 Å². The Hall–Kier alpha value is -1.22. The van der Waals surface area contributed by atoms with Crippen LogP contribution in [0.25, 0.3) is 0 Å². The van der Waals surface area contributed by atoms with Crippen molar-refractivity contribution in [3.8, 4) is 11.5 Å². The van der Waals surface area contributed by atoms with E-state index in [1.807, 2.05) is 6.07 Å². The van der Waals surface area contributed by atoms with E-state index < -0.39 is 0 Å². The number of ether oxygens (including phenoxy) is 2. The molecule has 19 heavy (non-hydrogen) atoms. The average Bonchev–Trinajstić information content (AvgIpc) is 2.90. The maximum absolute atomic E-state index is 5.43. The zero-order chi connectivity index (χ0) is 13.2. The lowest BCUT2D eigenvalue weighted by Gasteiger charge is -2.28. The number of hydrogen-bond donors (Lipinski definition) is 1. The minimum absolute atomic E-state index is 0.630. The fraction of sp³-hybridized carbons (Fsp3) is 0.625. The molecule has 0 amide bonds. The third-order valence-electron chi connectivity index (χ3n) is 4.77. The molecule has 1 saturated carbocycles. The van der Waals surface area contributed by atoms with E-state index in [4.69, 9.17) is 9.47 Å². The molecule has 1 aliphatic carbocycles. The topological polar surface area (TPSA) is 30.5 Å². The largest absolute Gasteiger partial charge is 0.493 e. The predicted octanol–water partition coefficient (Wildman–Crippen LogP) is 2.95. The fourth-order valence-electron chi connectivity index (χ4n) is 3.77. The first-order valence-corrected chi connectivity index (χ1v) is 7.29. The molecule has 3 atom stereocenters. The molecule has 2 aliphatic rings. The quantitative estimate of drug-likeness (QED) is 0.907. The lowest BCUT2D eigenvalue weighted by molar-refractivity contribution is 0.307. The molecular weight excluding hydrogens is 238 g/mol. The Morgan fingerprint density at radius 2 is 1.84 bits per heavy atom. The van der Waals surface area contributed by atoms with Crippen LogP contribution in [0, 0.1) is 5.92 Å². The fourth-order valence-corrected chi connectivity index (χ4v) is 3.77. The summed E-state index contributed by atoms with van der Waals surface area (Å²) in [6, 6.07) is 7.11. The van der Waals surface area contributed by atoms with Crippen LogP contribution < -0.4 is 14.8 Å². The SMILES string of the molecule is COc1ccc([C@@H]2CN[C@H]3CCCC[C@@H]32)cc1OC. The van der Waals surface area contributed by atoms with Crippen LogP contribution in [0.15, 0.2) is 18.2 Å². The second-order valence-electron chi connectivity index (χ2n) is 5.68. The van der Waals surface area contributed by atoms with Crippen LogP contribution in [-0.2, 0) is 0 Å². The molecule has 3 nitrogen and oxygen atoms in total. The van der Waals surface area contributed by atoms with E-state index in [0.29, 0.717) is 5.92 Å². The van der Waals surface area contributed by atoms with Crippen molar-refractivity contribution in [1.29, 1.82) is 0 Å². The summed E-state index contributed by atoms with van der Waals surface area (Å²) in [6.45, 7) is 1.10. The summed E-state index contributed by atoms with van der Waals surface area (Å²) in [5.74, 6) is 3.09. The predicted molar refractivity (Wildman–Crippen MR) is 76.0 cm³/mol. The average molecular weight is 261 g/mol. The number of rotatable bonds is 3. The van der Waals surface area contributed by atoms with Crippen molar-refractivity contribution >= 4 is 0 Å². The highest BCUT2D eigenvalue weighted by Gasteiger charge is 2.37. The molecular formula is C16H23NO2. The number of fused-ring (bicyclic) bond motifs is 1. The van der Waals surface area contributed by atoms with E-state index in [1.54, 1.807) is 14.2 Å². The van der Waals surface area contributed by atoms with Crippen molar-refractivity contribution in [2.75, 3.05) is 20.8 Å². The third-order valence-corrected chi connectivity index (χ3v) is 4.77. The summed E-state index contributed by atoms with van der Waals surface area (Å²) in [6.07, 6.45) is 5.46. The monoisotopic (exact) mass is 261 g/mol. The van der Waals surface area contributed by atoms with Crippen molar-refractivity contribution < 1.29 is 9.47 Å². The van der Waals surface area contributed by atoms with Gasteiger partial charge in [-0.3, -0.25) is 0 Å². The van der Waals surface area contributed by atoms with Crippen LogP contribution in [0.2, 0.25) is 0 Å².